The Morgan fingerprint density at radius 1 is 1.42 bits per heavy atom. The molecule has 4 rings (SSSR count). The average molecular weight is 370 g/mol. The van der Waals surface area contributed by atoms with E-state index < -0.39 is 0 Å². The molecule has 136 valence electrons. The summed E-state index contributed by atoms with van der Waals surface area (Å²) in [6, 6.07) is 7.89. The molecule has 1 saturated heterocycles. The molecule has 0 bridgehead atoms. The molecule has 2 aromatic heterocycles. The molecule has 1 unspecified atom stereocenters. The number of hydrogen-bond acceptors (Lipinski definition) is 5. The minimum absolute atomic E-state index is 0.0602. The monoisotopic (exact) mass is 370 g/mol. The van der Waals surface area contributed by atoms with Crippen molar-refractivity contribution >= 4 is 32.6 Å². The van der Waals surface area contributed by atoms with Gasteiger partial charge in [0.25, 0.3) is 5.91 Å². The second kappa shape index (κ2) is 7.17. The second-order valence-corrected chi connectivity index (χ2v) is 7.51. The van der Waals surface area contributed by atoms with Crippen molar-refractivity contribution in [3.05, 3.63) is 41.7 Å². The van der Waals surface area contributed by atoms with E-state index in [1.54, 1.807) is 33.2 Å². The molecule has 1 aliphatic heterocycles. The summed E-state index contributed by atoms with van der Waals surface area (Å²) < 4.78 is 8.60. The number of carbonyl (C=O) groups excluding carboxylic acids is 1. The van der Waals surface area contributed by atoms with Gasteiger partial charge in [-0.1, -0.05) is 23.5 Å². The molecule has 1 fully saturated rings. The lowest BCUT2D eigenvalue weighted by Gasteiger charge is -2.23. The Kier molecular flexibility index (Phi) is 4.74. The van der Waals surface area contributed by atoms with E-state index in [9.17, 15) is 4.79 Å². The summed E-state index contributed by atoms with van der Waals surface area (Å²) >= 11 is 1.55. The third-order valence-corrected chi connectivity index (χ3v) is 5.77. The lowest BCUT2D eigenvalue weighted by Crippen LogP contribution is -2.38. The zero-order valence-electron chi connectivity index (χ0n) is 15.0. The van der Waals surface area contributed by atoms with E-state index in [2.05, 4.69) is 11.2 Å². The first kappa shape index (κ1) is 17.2. The minimum atomic E-state index is -0.0726. The number of thiazole rings is 1. The summed E-state index contributed by atoms with van der Waals surface area (Å²) in [7, 11) is 0. The Bertz CT molecular complexity index is 927. The molecule has 3 heterocycles. The highest BCUT2D eigenvalue weighted by Gasteiger charge is 2.28. The van der Waals surface area contributed by atoms with E-state index in [0.29, 0.717) is 18.8 Å². The Hall–Kier alpha value is -2.25. The van der Waals surface area contributed by atoms with E-state index in [-0.39, 0.29) is 12.0 Å². The molecule has 0 saturated carbocycles. The smallest absolute Gasteiger partial charge is 0.278 e. The van der Waals surface area contributed by atoms with Gasteiger partial charge in [-0.05, 0) is 44.4 Å². The van der Waals surface area contributed by atoms with Crippen molar-refractivity contribution in [2.24, 2.45) is 0 Å². The second-order valence-electron chi connectivity index (χ2n) is 6.50. The lowest BCUT2D eigenvalue weighted by molar-refractivity contribution is 0.0908. The van der Waals surface area contributed by atoms with Crippen LogP contribution in [0.3, 0.4) is 0 Å². The van der Waals surface area contributed by atoms with Gasteiger partial charge in [0.15, 0.2) is 5.13 Å². The number of hydrogen-bond donors (Lipinski definition) is 0. The van der Waals surface area contributed by atoms with Gasteiger partial charge in [0.2, 0.25) is 0 Å². The molecular formula is C19H22N4O2S. The zero-order valence-corrected chi connectivity index (χ0v) is 15.8. The Morgan fingerprint density at radius 3 is 3.04 bits per heavy atom. The molecule has 1 aliphatic rings. The van der Waals surface area contributed by atoms with Gasteiger partial charge >= 0.3 is 0 Å². The number of fused-ring (bicyclic) bond motifs is 1. The first-order valence-electron chi connectivity index (χ1n) is 8.99. The topological polar surface area (TPSA) is 60.2 Å². The highest BCUT2D eigenvalue weighted by Crippen LogP contribution is 2.32. The quantitative estimate of drug-likeness (QED) is 0.688. The summed E-state index contributed by atoms with van der Waals surface area (Å²) in [5, 5.41) is 4.96. The van der Waals surface area contributed by atoms with Gasteiger partial charge in [-0.25, -0.2) is 4.98 Å². The van der Waals surface area contributed by atoms with Crippen molar-refractivity contribution in [2.45, 2.75) is 39.3 Å². The van der Waals surface area contributed by atoms with Gasteiger partial charge in [0.05, 0.1) is 22.9 Å². The van der Waals surface area contributed by atoms with Crippen LogP contribution in [0.5, 0.6) is 0 Å². The number of carbonyl (C=O) groups is 1. The van der Waals surface area contributed by atoms with Crippen molar-refractivity contribution in [2.75, 3.05) is 18.1 Å². The van der Waals surface area contributed by atoms with Crippen LogP contribution in [0.15, 0.2) is 30.5 Å². The molecule has 1 amide bonds. The zero-order chi connectivity index (χ0) is 18.1. The maximum absolute atomic E-state index is 13.3. The number of aryl methyl sites for hydroxylation is 2. The van der Waals surface area contributed by atoms with Crippen molar-refractivity contribution in [1.82, 2.24) is 14.8 Å². The SMILES string of the molecule is CCn1nccc1C(=O)N(CC1CCCO1)c1nc2c(C)cccc2s1. The fraction of sp³-hybridized carbons (Fsp3) is 0.421. The summed E-state index contributed by atoms with van der Waals surface area (Å²) in [5.41, 5.74) is 2.66. The molecule has 7 heteroatoms. The number of aromatic nitrogens is 3. The highest BCUT2D eigenvalue weighted by molar-refractivity contribution is 7.22. The Morgan fingerprint density at radius 2 is 2.31 bits per heavy atom. The van der Waals surface area contributed by atoms with Gasteiger partial charge in [-0.2, -0.15) is 5.10 Å². The molecule has 0 aliphatic carbocycles. The fourth-order valence-corrected chi connectivity index (χ4v) is 4.39. The molecular weight excluding hydrogens is 348 g/mol. The van der Waals surface area contributed by atoms with E-state index in [4.69, 9.17) is 9.72 Å². The van der Waals surface area contributed by atoms with Crippen molar-refractivity contribution in [1.29, 1.82) is 0 Å². The van der Waals surface area contributed by atoms with Crippen LogP contribution in [0.25, 0.3) is 10.2 Å². The molecule has 26 heavy (non-hydrogen) atoms. The van der Waals surface area contributed by atoms with Crippen LogP contribution in [0.1, 0.15) is 35.8 Å². The largest absolute Gasteiger partial charge is 0.376 e. The number of nitrogens with zero attached hydrogens (tertiary/aromatic N) is 4. The van der Waals surface area contributed by atoms with Crippen LogP contribution in [-0.4, -0.2) is 39.9 Å². The van der Waals surface area contributed by atoms with Crippen LogP contribution >= 0.6 is 11.3 Å². The molecule has 0 spiro atoms. The van der Waals surface area contributed by atoms with Crippen LogP contribution < -0.4 is 4.90 Å². The third-order valence-electron chi connectivity index (χ3n) is 4.73. The number of anilines is 1. The van der Waals surface area contributed by atoms with Gasteiger partial charge in [-0.3, -0.25) is 14.4 Å². The van der Waals surface area contributed by atoms with E-state index in [0.717, 1.165) is 40.4 Å². The predicted molar refractivity (Wildman–Crippen MR) is 103 cm³/mol. The maximum atomic E-state index is 13.3. The van der Waals surface area contributed by atoms with Gasteiger partial charge in [0.1, 0.15) is 5.69 Å². The number of benzene rings is 1. The van der Waals surface area contributed by atoms with Crippen LogP contribution in [0.2, 0.25) is 0 Å². The van der Waals surface area contributed by atoms with Gasteiger partial charge < -0.3 is 4.74 Å². The normalized spacial score (nSPS) is 17.1. The predicted octanol–water partition coefficient (Wildman–Crippen LogP) is 3.65. The standard InChI is InChI=1S/C19H22N4O2S/c1-3-23-15(9-10-20-23)18(24)22(12-14-7-5-11-25-14)19-21-17-13(2)6-4-8-16(17)26-19/h4,6,8-10,14H,3,5,7,11-12H2,1-2H3. The van der Waals surface area contributed by atoms with Crippen molar-refractivity contribution < 1.29 is 9.53 Å². The van der Waals surface area contributed by atoms with E-state index in [1.165, 1.54) is 0 Å². The number of rotatable bonds is 5. The van der Waals surface area contributed by atoms with Crippen molar-refractivity contribution in [3.63, 3.8) is 0 Å². The summed E-state index contributed by atoms with van der Waals surface area (Å²) in [4.78, 5) is 19.9. The first-order chi connectivity index (χ1) is 12.7. The van der Waals surface area contributed by atoms with Gasteiger partial charge in [-0.15, -0.1) is 0 Å². The average Bonchev–Trinajstić information content (AvgIpc) is 3.38. The number of ether oxygens (including phenoxy) is 1. The van der Waals surface area contributed by atoms with Crippen LogP contribution in [-0.2, 0) is 11.3 Å². The molecule has 0 radical (unpaired) electrons. The molecule has 6 nitrogen and oxygen atoms in total. The van der Waals surface area contributed by atoms with Crippen LogP contribution in [0, 0.1) is 6.92 Å². The Balaban J connectivity index is 1.74. The fourth-order valence-electron chi connectivity index (χ4n) is 3.33. The summed E-state index contributed by atoms with van der Waals surface area (Å²) in [6.07, 6.45) is 3.74. The Labute approximate surface area is 156 Å². The minimum Gasteiger partial charge on any atom is -0.376 e. The number of amides is 1. The maximum Gasteiger partial charge on any atom is 0.278 e. The van der Waals surface area contributed by atoms with Crippen LogP contribution in [0.4, 0.5) is 5.13 Å². The molecule has 3 aromatic rings. The number of para-hydroxylation sites is 1. The van der Waals surface area contributed by atoms with E-state index >= 15 is 0 Å². The van der Waals surface area contributed by atoms with E-state index in [1.807, 2.05) is 26.0 Å². The molecule has 1 aromatic carbocycles. The van der Waals surface area contributed by atoms with Crippen molar-refractivity contribution in [3.8, 4) is 0 Å². The first-order valence-corrected chi connectivity index (χ1v) is 9.80. The lowest BCUT2D eigenvalue weighted by atomic mass is 10.2. The third kappa shape index (κ3) is 3.12. The highest BCUT2D eigenvalue weighted by atomic mass is 32.1. The summed E-state index contributed by atoms with van der Waals surface area (Å²) in [6.45, 7) is 5.96. The van der Waals surface area contributed by atoms with Gasteiger partial charge in [0, 0.05) is 19.3 Å². The molecule has 1 atom stereocenters. The summed E-state index contributed by atoms with van der Waals surface area (Å²) in [5.74, 6) is -0.0726. The molecule has 0 N–H and O–H groups in total.